The second-order valence-corrected chi connectivity index (χ2v) is 7.03. The van der Waals surface area contributed by atoms with Crippen LogP contribution in [-0.2, 0) is 6.42 Å². The number of H-pyrrole nitrogens is 1. The molecule has 3 N–H and O–H groups in total. The Morgan fingerprint density at radius 3 is 2.72 bits per heavy atom. The number of rotatable bonds is 7. The average molecular weight is 395 g/mol. The van der Waals surface area contributed by atoms with E-state index in [2.05, 4.69) is 58.9 Å². The van der Waals surface area contributed by atoms with Gasteiger partial charge in [-0.25, -0.2) is 0 Å². The summed E-state index contributed by atoms with van der Waals surface area (Å²) in [7, 11) is 5.12. The summed E-state index contributed by atoms with van der Waals surface area (Å²) in [4.78, 5) is 7.75. The van der Waals surface area contributed by atoms with Gasteiger partial charge >= 0.3 is 0 Å². The summed E-state index contributed by atoms with van der Waals surface area (Å²) in [5.74, 6) is 2.36. The minimum Gasteiger partial charge on any atom is -0.497 e. The van der Waals surface area contributed by atoms with E-state index in [9.17, 15) is 0 Å². The van der Waals surface area contributed by atoms with Crippen molar-refractivity contribution in [3.05, 3.63) is 59.3 Å². The summed E-state index contributed by atoms with van der Waals surface area (Å²) < 4.78 is 10.9. The number of aromatic amines is 1. The molecule has 154 valence electrons. The number of para-hydroxylation sites is 1. The molecule has 1 atom stereocenters. The largest absolute Gasteiger partial charge is 0.497 e. The Bertz CT molecular complexity index is 994. The van der Waals surface area contributed by atoms with Gasteiger partial charge in [0.1, 0.15) is 11.5 Å². The SMILES string of the molecule is CN=C(NCCc1c[nH]c2c(C)cccc12)NC(C)c1cc(OC)ccc1OC. The molecular weight excluding hydrogens is 364 g/mol. The smallest absolute Gasteiger partial charge is 0.191 e. The fourth-order valence-corrected chi connectivity index (χ4v) is 3.54. The lowest BCUT2D eigenvalue weighted by Gasteiger charge is -2.20. The number of methoxy groups -OCH3 is 2. The summed E-state index contributed by atoms with van der Waals surface area (Å²) in [5.41, 5.74) is 4.79. The maximum absolute atomic E-state index is 5.50. The van der Waals surface area contributed by atoms with Gasteiger partial charge in [0.25, 0.3) is 0 Å². The van der Waals surface area contributed by atoms with Crippen LogP contribution in [0.25, 0.3) is 10.9 Å². The molecule has 0 fully saturated rings. The lowest BCUT2D eigenvalue weighted by molar-refractivity contribution is 0.394. The lowest BCUT2D eigenvalue weighted by atomic mass is 10.1. The van der Waals surface area contributed by atoms with Crippen LogP contribution in [-0.4, -0.2) is 38.8 Å². The van der Waals surface area contributed by atoms with Gasteiger partial charge in [0.05, 0.1) is 20.3 Å². The zero-order valence-electron chi connectivity index (χ0n) is 17.8. The second kappa shape index (κ2) is 9.37. The molecule has 29 heavy (non-hydrogen) atoms. The van der Waals surface area contributed by atoms with E-state index in [4.69, 9.17) is 9.47 Å². The molecule has 0 saturated carbocycles. The van der Waals surface area contributed by atoms with Crippen molar-refractivity contribution in [2.45, 2.75) is 26.3 Å². The molecule has 0 amide bonds. The molecule has 0 aliphatic heterocycles. The van der Waals surface area contributed by atoms with Crippen LogP contribution in [0, 0.1) is 6.92 Å². The summed E-state index contributed by atoms with van der Waals surface area (Å²) >= 11 is 0. The molecule has 3 rings (SSSR count). The number of hydrogen-bond acceptors (Lipinski definition) is 3. The molecule has 6 nitrogen and oxygen atoms in total. The molecule has 1 aromatic heterocycles. The maximum atomic E-state index is 5.50. The number of aryl methyl sites for hydroxylation is 1. The van der Waals surface area contributed by atoms with Crippen LogP contribution in [0.4, 0.5) is 0 Å². The maximum Gasteiger partial charge on any atom is 0.191 e. The van der Waals surface area contributed by atoms with Crippen molar-refractivity contribution < 1.29 is 9.47 Å². The zero-order valence-corrected chi connectivity index (χ0v) is 17.8. The average Bonchev–Trinajstić information content (AvgIpc) is 3.16. The van der Waals surface area contributed by atoms with Crippen molar-refractivity contribution in [2.24, 2.45) is 4.99 Å². The van der Waals surface area contributed by atoms with E-state index in [0.717, 1.165) is 36.0 Å². The quantitative estimate of drug-likeness (QED) is 0.419. The Hall–Kier alpha value is -3.15. The third-order valence-electron chi connectivity index (χ3n) is 5.18. The molecular formula is C23H30N4O2. The number of nitrogens with zero attached hydrogens (tertiary/aromatic N) is 1. The Labute approximate surface area is 172 Å². The van der Waals surface area contributed by atoms with Crippen LogP contribution in [0.1, 0.15) is 29.7 Å². The molecule has 1 unspecified atom stereocenters. The molecule has 1 heterocycles. The monoisotopic (exact) mass is 394 g/mol. The molecule has 0 radical (unpaired) electrons. The van der Waals surface area contributed by atoms with Crippen molar-refractivity contribution in [1.82, 2.24) is 15.6 Å². The second-order valence-electron chi connectivity index (χ2n) is 7.03. The van der Waals surface area contributed by atoms with Gasteiger partial charge in [-0.3, -0.25) is 4.99 Å². The van der Waals surface area contributed by atoms with Crippen LogP contribution >= 0.6 is 0 Å². The molecule has 0 spiro atoms. The highest BCUT2D eigenvalue weighted by Crippen LogP contribution is 2.29. The van der Waals surface area contributed by atoms with Crippen LogP contribution in [0.5, 0.6) is 11.5 Å². The molecule has 0 bridgehead atoms. The van der Waals surface area contributed by atoms with Gasteiger partial charge in [-0.1, -0.05) is 18.2 Å². The number of aromatic nitrogens is 1. The van der Waals surface area contributed by atoms with E-state index in [1.807, 2.05) is 18.2 Å². The summed E-state index contributed by atoms with van der Waals surface area (Å²) in [6, 6.07) is 12.2. The highest BCUT2D eigenvalue weighted by Gasteiger charge is 2.14. The summed E-state index contributed by atoms with van der Waals surface area (Å²) in [6.45, 7) is 4.98. The van der Waals surface area contributed by atoms with E-state index in [1.165, 1.54) is 22.0 Å². The van der Waals surface area contributed by atoms with Crippen molar-refractivity contribution in [3.63, 3.8) is 0 Å². The van der Waals surface area contributed by atoms with Gasteiger partial charge in [-0.05, 0) is 49.6 Å². The Balaban J connectivity index is 1.63. The van der Waals surface area contributed by atoms with Crippen LogP contribution in [0.15, 0.2) is 47.6 Å². The Morgan fingerprint density at radius 2 is 2.00 bits per heavy atom. The number of fused-ring (bicyclic) bond motifs is 1. The van der Waals surface area contributed by atoms with E-state index in [0.29, 0.717) is 0 Å². The first-order chi connectivity index (χ1) is 14.1. The van der Waals surface area contributed by atoms with E-state index in [1.54, 1.807) is 21.3 Å². The predicted molar refractivity (Wildman–Crippen MR) is 119 cm³/mol. The van der Waals surface area contributed by atoms with E-state index < -0.39 is 0 Å². The lowest BCUT2D eigenvalue weighted by Crippen LogP contribution is -2.39. The van der Waals surface area contributed by atoms with Crippen molar-refractivity contribution in [3.8, 4) is 11.5 Å². The topological polar surface area (TPSA) is 70.7 Å². The van der Waals surface area contributed by atoms with Gasteiger partial charge in [0, 0.05) is 36.3 Å². The fraction of sp³-hybridized carbons (Fsp3) is 0.348. The molecule has 0 aliphatic rings. The first-order valence-electron chi connectivity index (χ1n) is 9.82. The van der Waals surface area contributed by atoms with Gasteiger partial charge < -0.3 is 25.1 Å². The van der Waals surface area contributed by atoms with E-state index >= 15 is 0 Å². The number of benzene rings is 2. The third kappa shape index (κ3) is 4.65. The van der Waals surface area contributed by atoms with Gasteiger partial charge in [0.15, 0.2) is 5.96 Å². The van der Waals surface area contributed by atoms with Crippen molar-refractivity contribution in [1.29, 1.82) is 0 Å². The molecule has 0 aliphatic carbocycles. The number of guanidine groups is 1. The zero-order chi connectivity index (χ0) is 20.8. The first-order valence-corrected chi connectivity index (χ1v) is 9.82. The first kappa shape index (κ1) is 20.6. The van der Waals surface area contributed by atoms with Crippen LogP contribution in [0.2, 0.25) is 0 Å². The van der Waals surface area contributed by atoms with Gasteiger partial charge in [-0.15, -0.1) is 0 Å². The fourth-order valence-electron chi connectivity index (χ4n) is 3.54. The van der Waals surface area contributed by atoms with Gasteiger partial charge in [-0.2, -0.15) is 0 Å². The summed E-state index contributed by atoms with van der Waals surface area (Å²) in [5, 5.41) is 8.12. The normalized spacial score (nSPS) is 12.7. The highest BCUT2D eigenvalue weighted by molar-refractivity contribution is 5.86. The molecule has 2 aromatic carbocycles. The number of ether oxygens (including phenoxy) is 2. The van der Waals surface area contributed by atoms with E-state index in [-0.39, 0.29) is 6.04 Å². The number of nitrogens with one attached hydrogen (secondary N) is 3. The number of aliphatic imine (C=N–C) groups is 1. The standard InChI is InChI=1S/C23H30N4O2/c1-15-7-6-8-19-17(14-26-22(15)19)11-12-25-23(24-3)27-16(2)20-13-18(28-4)9-10-21(20)29-5/h6-10,13-14,16,26H,11-12H2,1-5H3,(H2,24,25,27). The highest BCUT2D eigenvalue weighted by atomic mass is 16.5. The van der Waals surface area contributed by atoms with Crippen LogP contribution in [0.3, 0.4) is 0 Å². The Kier molecular flexibility index (Phi) is 6.65. The Morgan fingerprint density at radius 1 is 1.17 bits per heavy atom. The van der Waals surface area contributed by atoms with Crippen LogP contribution < -0.4 is 20.1 Å². The van der Waals surface area contributed by atoms with Crippen molar-refractivity contribution in [2.75, 3.05) is 27.8 Å². The molecule has 3 aromatic rings. The predicted octanol–water partition coefficient (Wildman–Crippen LogP) is 3.96. The van der Waals surface area contributed by atoms with Gasteiger partial charge in [0.2, 0.25) is 0 Å². The number of hydrogen-bond donors (Lipinski definition) is 3. The molecule has 0 saturated heterocycles. The summed E-state index contributed by atoms with van der Waals surface area (Å²) in [6.07, 6.45) is 3.00. The molecule has 6 heteroatoms. The minimum atomic E-state index is 0.00184. The van der Waals surface area contributed by atoms with Crippen molar-refractivity contribution >= 4 is 16.9 Å². The third-order valence-corrected chi connectivity index (χ3v) is 5.18. The minimum absolute atomic E-state index is 0.00184.